The van der Waals surface area contributed by atoms with Crippen molar-refractivity contribution in [2.75, 3.05) is 6.61 Å². The first-order chi connectivity index (χ1) is 13.1. The number of nitrogens with zero attached hydrogens (tertiary/aromatic N) is 1. The van der Waals surface area contributed by atoms with Crippen molar-refractivity contribution in [3.05, 3.63) is 29.8 Å². The van der Waals surface area contributed by atoms with Crippen molar-refractivity contribution in [1.82, 2.24) is 10.2 Å². The third-order valence-corrected chi connectivity index (χ3v) is 6.71. The van der Waals surface area contributed by atoms with Crippen LogP contribution in [0.3, 0.4) is 0 Å². The molecule has 0 saturated carbocycles. The van der Waals surface area contributed by atoms with Crippen molar-refractivity contribution in [2.24, 2.45) is 0 Å². The lowest BCUT2D eigenvalue weighted by Gasteiger charge is -2.51. The van der Waals surface area contributed by atoms with Crippen molar-refractivity contribution >= 4 is 35.3 Å². The molecule has 0 spiro atoms. The summed E-state index contributed by atoms with van der Waals surface area (Å²) in [5.74, 6) is -2.32. The molecule has 0 bridgehead atoms. The van der Waals surface area contributed by atoms with E-state index >= 15 is 0 Å². The van der Waals surface area contributed by atoms with Gasteiger partial charge in [0.15, 0.2) is 5.78 Å². The van der Waals surface area contributed by atoms with E-state index in [-0.39, 0.29) is 5.56 Å². The quantitative estimate of drug-likeness (QED) is 0.541. The first-order valence-corrected chi connectivity index (χ1v) is 9.74. The number of benzene rings is 1. The standard InChI is InChI=1S/C19H22N2O6S/c1-5-27-12-8-6-11(7-9-12)14(23)20-19(10(2)22)16(26)21-13(15(24)25)18(3,4)28-17(19)21/h6-9,13,17H,5H2,1-4H3,(H,20,23)(H,24,25)/t13-,17+,19?/m0/s1. The van der Waals surface area contributed by atoms with Gasteiger partial charge in [0.1, 0.15) is 17.2 Å². The predicted molar refractivity (Wildman–Crippen MR) is 102 cm³/mol. The molecule has 2 saturated heterocycles. The molecule has 1 aromatic rings. The lowest BCUT2D eigenvalue weighted by Crippen LogP contribution is -2.82. The van der Waals surface area contributed by atoms with Crippen LogP contribution in [0.2, 0.25) is 0 Å². The highest BCUT2D eigenvalue weighted by Crippen LogP contribution is 2.55. The maximum atomic E-state index is 12.9. The molecule has 2 aliphatic heterocycles. The Morgan fingerprint density at radius 2 is 1.86 bits per heavy atom. The van der Waals surface area contributed by atoms with Crippen molar-refractivity contribution in [3.8, 4) is 5.75 Å². The number of carbonyl (C=O) groups is 4. The number of thioether (sulfide) groups is 1. The van der Waals surface area contributed by atoms with Crippen LogP contribution in [0.1, 0.15) is 38.1 Å². The second-order valence-electron chi connectivity index (χ2n) is 7.30. The summed E-state index contributed by atoms with van der Waals surface area (Å²) >= 11 is 1.21. The number of amides is 2. The number of fused-ring (bicyclic) bond motifs is 1. The Bertz CT molecular complexity index is 852. The largest absolute Gasteiger partial charge is 0.494 e. The number of rotatable bonds is 6. The molecular formula is C19H22N2O6S. The molecule has 1 unspecified atom stereocenters. The molecule has 3 rings (SSSR count). The summed E-state index contributed by atoms with van der Waals surface area (Å²) < 4.78 is 4.54. The number of carboxylic acid groups (broad SMARTS) is 1. The molecule has 1 aromatic carbocycles. The smallest absolute Gasteiger partial charge is 0.327 e. The second kappa shape index (κ2) is 6.80. The topological polar surface area (TPSA) is 113 Å². The molecule has 9 heteroatoms. The van der Waals surface area contributed by atoms with E-state index < -0.39 is 45.3 Å². The first kappa shape index (κ1) is 20.2. The van der Waals surface area contributed by atoms with Crippen molar-refractivity contribution in [1.29, 1.82) is 0 Å². The summed E-state index contributed by atoms with van der Waals surface area (Å²) in [5.41, 5.74) is -1.49. The zero-order valence-corrected chi connectivity index (χ0v) is 16.8. The van der Waals surface area contributed by atoms with Crippen LogP contribution in [0.5, 0.6) is 5.75 Å². The highest BCUT2D eigenvalue weighted by molar-refractivity contribution is 8.01. The van der Waals surface area contributed by atoms with E-state index in [9.17, 15) is 24.3 Å². The fraction of sp³-hybridized carbons (Fsp3) is 0.474. The number of ketones is 1. The average molecular weight is 406 g/mol. The van der Waals surface area contributed by atoms with Crippen molar-refractivity contribution < 1.29 is 29.0 Å². The Balaban J connectivity index is 1.88. The third-order valence-electron chi connectivity index (χ3n) is 5.07. The number of carboxylic acids is 1. The minimum atomic E-state index is -1.76. The van der Waals surface area contributed by atoms with Gasteiger partial charge in [-0.25, -0.2) is 4.79 Å². The Kier molecular flexibility index (Phi) is 4.91. The highest BCUT2D eigenvalue weighted by atomic mass is 32.2. The molecule has 2 N–H and O–H groups in total. The fourth-order valence-corrected chi connectivity index (χ4v) is 5.46. The molecule has 2 fully saturated rings. The zero-order chi connectivity index (χ0) is 20.9. The fourth-order valence-electron chi connectivity index (χ4n) is 3.71. The van der Waals surface area contributed by atoms with Crippen LogP contribution in [0, 0.1) is 0 Å². The van der Waals surface area contributed by atoms with Crippen LogP contribution in [0.15, 0.2) is 24.3 Å². The summed E-state index contributed by atoms with van der Waals surface area (Å²) in [5, 5.41) is 11.4. The molecule has 2 aliphatic rings. The van der Waals surface area contributed by atoms with Gasteiger partial charge in [0.25, 0.3) is 11.8 Å². The SMILES string of the molecule is CCOc1ccc(C(=O)NC2(C(C)=O)C(=O)N3[C@@H](C(=O)O)C(C)(C)S[C@@H]32)cc1. The van der Waals surface area contributed by atoms with Crippen LogP contribution in [0.4, 0.5) is 0 Å². The molecule has 0 radical (unpaired) electrons. The van der Waals surface area contributed by atoms with E-state index in [0.717, 1.165) is 0 Å². The van der Waals surface area contributed by atoms with E-state index in [2.05, 4.69) is 5.32 Å². The molecule has 2 amide bonds. The van der Waals surface area contributed by atoms with Crippen LogP contribution in [0.25, 0.3) is 0 Å². The van der Waals surface area contributed by atoms with Gasteiger partial charge in [-0.05, 0) is 52.0 Å². The Morgan fingerprint density at radius 3 is 2.36 bits per heavy atom. The molecule has 3 atom stereocenters. The van der Waals surface area contributed by atoms with Gasteiger partial charge in [0, 0.05) is 10.3 Å². The average Bonchev–Trinajstić information content (AvgIpc) is 2.88. The number of nitrogens with one attached hydrogen (secondary N) is 1. The van der Waals surface area contributed by atoms with E-state index in [0.29, 0.717) is 12.4 Å². The zero-order valence-electron chi connectivity index (χ0n) is 16.0. The Labute approximate surface area is 166 Å². The molecular weight excluding hydrogens is 384 g/mol. The number of hydrogen-bond donors (Lipinski definition) is 2. The van der Waals surface area contributed by atoms with Gasteiger partial charge in [-0.2, -0.15) is 0 Å². The maximum absolute atomic E-state index is 12.9. The molecule has 2 heterocycles. The summed E-state index contributed by atoms with van der Waals surface area (Å²) in [6.45, 7) is 6.98. The highest BCUT2D eigenvalue weighted by Gasteiger charge is 2.74. The van der Waals surface area contributed by atoms with Crippen LogP contribution >= 0.6 is 11.8 Å². The van der Waals surface area contributed by atoms with Crippen molar-refractivity contribution in [2.45, 2.75) is 49.4 Å². The minimum Gasteiger partial charge on any atom is -0.494 e. The van der Waals surface area contributed by atoms with E-state index in [4.69, 9.17) is 4.74 Å². The monoisotopic (exact) mass is 406 g/mol. The van der Waals surface area contributed by atoms with Crippen LogP contribution in [-0.4, -0.2) is 61.9 Å². The number of hydrogen-bond acceptors (Lipinski definition) is 6. The van der Waals surface area contributed by atoms with Gasteiger partial charge in [0.05, 0.1) is 6.61 Å². The lowest BCUT2D eigenvalue weighted by molar-refractivity contribution is -0.170. The van der Waals surface area contributed by atoms with Gasteiger partial charge in [-0.15, -0.1) is 11.8 Å². The van der Waals surface area contributed by atoms with Gasteiger partial charge in [0.2, 0.25) is 5.54 Å². The van der Waals surface area contributed by atoms with Gasteiger partial charge in [-0.1, -0.05) is 0 Å². The summed E-state index contributed by atoms with van der Waals surface area (Å²) in [7, 11) is 0. The van der Waals surface area contributed by atoms with Gasteiger partial charge in [-0.3, -0.25) is 14.4 Å². The van der Waals surface area contributed by atoms with Gasteiger partial charge < -0.3 is 20.1 Å². The Morgan fingerprint density at radius 1 is 1.25 bits per heavy atom. The minimum absolute atomic E-state index is 0.271. The first-order valence-electron chi connectivity index (χ1n) is 8.86. The second-order valence-corrected chi connectivity index (χ2v) is 9.04. The normalized spacial score (nSPS) is 27.6. The number of β-lactam (4-membered cyclic amide) rings is 1. The number of aliphatic carboxylic acids is 1. The Hall–Kier alpha value is -2.55. The number of carbonyl (C=O) groups excluding carboxylic acids is 3. The van der Waals surface area contributed by atoms with Crippen LogP contribution < -0.4 is 10.1 Å². The molecule has 28 heavy (non-hydrogen) atoms. The molecule has 8 nitrogen and oxygen atoms in total. The van der Waals surface area contributed by atoms with E-state index in [1.54, 1.807) is 38.1 Å². The molecule has 150 valence electrons. The third kappa shape index (κ3) is 2.85. The summed E-state index contributed by atoms with van der Waals surface area (Å²) in [6, 6.07) is 5.27. The van der Waals surface area contributed by atoms with E-state index in [1.165, 1.54) is 23.6 Å². The molecule has 0 aliphatic carbocycles. The lowest BCUT2D eigenvalue weighted by atomic mass is 9.81. The maximum Gasteiger partial charge on any atom is 0.327 e. The predicted octanol–water partition coefficient (Wildman–Crippen LogP) is 1.29. The van der Waals surface area contributed by atoms with E-state index in [1.807, 2.05) is 6.92 Å². The van der Waals surface area contributed by atoms with Crippen molar-refractivity contribution in [3.63, 3.8) is 0 Å². The number of Topliss-reactive ketones (excluding diaryl/α,β-unsaturated/α-hetero) is 1. The number of ether oxygens (including phenoxy) is 1. The summed E-state index contributed by atoms with van der Waals surface area (Å²) in [6.07, 6.45) is 0. The summed E-state index contributed by atoms with van der Waals surface area (Å²) in [4.78, 5) is 51.0. The molecule has 0 aromatic heterocycles. The van der Waals surface area contributed by atoms with Crippen LogP contribution in [-0.2, 0) is 14.4 Å². The van der Waals surface area contributed by atoms with Gasteiger partial charge >= 0.3 is 5.97 Å².